The van der Waals surface area contributed by atoms with Gasteiger partial charge in [-0.1, -0.05) is 28.1 Å². The quantitative estimate of drug-likeness (QED) is 0.753. The molecule has 2 nitrogen and oxygen atoms in total. The van der Waals surface area contributed by atoms with Gasteiger partial charge in [0.05, 0.1) is 0 Å². The van der Waals surface area contributed by atoms with Crippen molar-refractivity contribution in [1.82, 2.24) is 0 Å². The zero-order valence-electron chi connectivity index (χ0n) is 10.7. The molecule has 0 bridgehead atoms. The Kier molecular flexibility index (Phi) is 5.23. The Bertz CT molecular complexity index is 487. The monoisotopic (exact) mass is 308 g/mol. The highest BCUT2D eigenvalue weighted by molar-refractivity contribution is 9.10. The van der Waals surface area contributed by atoms with Crippen molar-refractivity contribution >= 4 is 15.9 Å². The molecule has 0 aliphatic rings. The fourth-order valence-corrected chi connectivity index (χ4v) is 1.59. The van der Waals surface area contributed by atoms with E-state index >= 15 is 0 Å². The highest BCUT2D eigenvalue weighted by Crippen LogP contribution is 2.19. The molecule has 0 saturated heterocycles. The van der Waals surface area contributed by atoms with E-state index < -0.39 is 0 Å². The SMILES string of the molecule is Cc1cc(O)ccc1Br.Cc1ccc(C)c(O)c1. The van der Waals surface area contributed by atoms with Gasteiger partial charge >= 0.3 is 0 Å². The van der Waals surface area contributed by atoms with Crippen LogP contribution in [0.3, 0.4) is 0 Å². The number of aryl methyl sites for hydroxylation is 3. The summed E-state index contributed by atoms with van der Waals surface area (Å²) < 4.78 is 1.03. The normalized spacial score (nSPS) is 9.56. The minimum Gasteiger partial charge on any atom is -0.508 e. The molecule has 0 unspecified atom stereocenters. The summed E-state index contributed by atoms with van der Waals surface area (Å²) >= 11 is 3.32. The summed E-state index contributed by atoms with van der Waals surface area (Å²) in [5, 5.41) is 18.0. The fourth-order valence-electron chi connectivity index (χ4n) is 1.35. The topological polar surface area (TPSA) is 40.5 Å². The van der Waals surface area contributed by atoms with E-state index in [0.717, 1.165) is 21.2 Å². The first-order valence-corrected chi connectivity index (χ1v) is 6.41. The lowest BCUT2D eigenvalue weighted by Crippen LogP contribution is -1.74. The Morgan fingerprint density at radius 1 is 0.833 bits per heavy atom. The Balaban J connectivity index is 0.000000180. The lowest BCUT2D eigenvalue weighted by Gasteiger charge is -1.97. The predicted molar refractivity (Wildman–Crippen MR) is 78.1 cm³/mol. The molecule has 0 saturated carbocycles. The zero-order chi connectivity index (χ0) is 13.7. The largest absolute Gasteiger partial charge is 0.508 e. The molecule has 18 heavy (non-hydrogen) atoms. The summed E-state index contributed by atoms with van der Waals surface area (Å²) in [5.74, 6) is 0.700. The maximum Gasteiger partial charge on any atom is 0.118 e. The summed E-state index contributed by atoms with van der Waals surface area (Å²) in [6.45, 7) is 5.78. The van der Waals surface area contributed by atoms with Crippen molar-refractivity contribution in [2.24, 2.45) is 0 Å². The van der Waals surface area contributed by atoms with Crippen LogP contribution in [0.1, 0.15) is 16.7 Å². The molecule has 0 fully saturated rings. The van der Waals surface area contributed by atoms with Gasteiger partial charge in [-0.15, -0.1) is 0 Å². The van der Waals surface area contributed by atoms with Gasteiger partial charge in [0.25, 0.3) is 0 Å². The van der Waals surface area contributed by atoms with Gasteiger partial charge in [-0.25, -0.2) is 0 Å². The summed E-state index contributed by atoms with van der Waals surface area (Å²) in [6, 6.07) is 10.8. The van der Waals surface area contributed by atoms with E-state index in [2.05, 4.69) is 15.9 Å². The molecule has 2 N–H and O–H groups in total. The van der Waals surface area contributed by atoms with Gasteiger partial charge in [0.1, 0.15) is 11.5 Å². The molecule has 0 spiro atoms. The van der Waals surface area contributed by atoms with Crippen LogP contribution in [-0.4, -0.2) is 10.2 Å². The van der Waals surface area contributed by atoms with Gasteiger partial charge in [0, 0.05) is 4.47 Å². The predicted octanol–water partition coefficient (Wildman–Crippen LogP) is 4.47. The molecular formula is C15H17BrO2. The van der Waals surface area contributed by atoms with Crippen LogP contribution in [0.25, 0.3) is 0 Å². The minimum atomic E-state index is 0.315. The second-order valence-corrected chi connectivity index (χ2v) is 5.08. The van der Waals surface area contributed by atoms with Crippen molar-refractivity contribution in [3.05, 3.63) is 57.6 Å². The molecule has 3 heteroatoms. The van der Waals surface area contributed by atoms with Crippen LogP contribution in [0, 0.1) is 20.8 Å². The number of aromatic hydroxyl groups is 2. The van der Waals surface area contributed by atoms with E-state index in [-0.39, 0.29) is 0 Å². The van der Waals surface area contributed by atoms with Crippen LogP contribution in [0.4, 0.5) is 0 Å². The number of rotatable bonds is 0. The third-order valence-corrected chi connectivity index (χ3v) is 3.40. The molecule has 0 aromatic heterocycles. The molecule has 0 atom stereocenters. The first kappa shape index (κ1) is 14.6. The molecule has 2 aromatic rings. The molecule has 96 valence electrons. The molecule has 0 heterocycles. The van der Waals surface area contributed by atoms with Gasteiger partial charge < -0.3 is 10.2 Å². The number of phenols is 2. The second kappa shape index (κ2) is 6.45. The molecule has 0 amide bonds. The van der Waals surface area contributed by atoms with E-state index in [0.29, 0.717) is 11.5 Å². The smallest absolute Gasteiger partial charge is 0.118 e. The third kappa shape index (κ3) is 4.41. The average molecular weight is 309 g/mol. The summed E-state index contributed by atoms with van der Waals surface area (Å²) in [5.41, 5.74) is 3.08. The van der Waals surface area contributed by atoms with E-state index in [4.69, 9.17) is 10.2 Å². The molecule has 0 aliphatic heterocycles. The van der Waals surface area contributed by atoms with Gasteiger partial charge in [-0.05, 0) is 61.7 Å². The number of hydrogen-bond acceptors (Lipinski definition) is 2. The van der Waals surface area contributed by atoms with E-state index in [1.54, 1.807) is 18.2 Å². The van der Waals surface area contributed by atoms with Gasteiger partial charge in [0.15, 0.2) is 0 Å². The van der Waals surface area contributed by atoms with Gasteiger partial charge in [0.2, 0.25) is 0 Å². The van der Waals surface area contributed by atoms with Crippen LogP contribution in [0.15, 0.2) is 40.9 Å². The maximum absolute atomic E-state index is 9.10. The Labute approximate surface area is 116 Å². The summed E-state index contributed by atoms with van der Waals surface area (Å²) in [7, 11) is 0. The van der Waals surface area contributed by atoms with Crippen LogP contribution in [-0.2, 0) is 0 Å². The number of phenolic OH excluding ortho intramolecular Hbond substituents is 2. The number of halogens is 1. The van der Waals surface area contributed by atoms with Crippen molar-refractivity contribution in [3.8, 4) is 11.5 Å². The standard InChI is InChI=1S/C8H10O.C7H7BrO/c1-6-3-4-7(2)8(9)5-6;1-5-4-6(9)2-3-7(5)8/h3-5,9H,1-2H3;2-4,9H,1H3. The number of hydrogen-bond donors (Lipinski definition) is 2. The van der Waals surface area contributed by atoms with E-state index in [9.17, 15) is 0 Å². The lowest BCUT2D eigenvalue weighted by molar-refractivity contribution is 0.470. The maximum atomic E-state index is 9.10. The van der Waals surface area contributed by atoms with Crippen molar-refractivity contribution in [3.63, 3.8) is 0 Å². The van der Waals surface area contributed by atoms with Crippen molar-refractivity contribution in [1.29, 1.82) is 0 Å². The van der Waals surface area contributed by atoms with Crippen LogP contribution in [0.2, 0.25) is 0 Å². The number of benzene rings is 2. The van der Waals surface area contributed by atoms with Crippen LogP contribution < -0.4 is 0 Å². The van der Waals surface area contributed by atoms with Crippen molar-refractivity contribution in [2.45, 2.75) is 20.8 Å². The molecule has 0 radical (unpaired) electrons. The molecular weight excluding hydrogens is 292 g/mol. The summed E-state index contributed by atoms with van der Waals surface area (Å²) in [6.07, 6.45) is 0. The van der Waals surface area contributed by atoms with Crippen LogP contribution in [0.5, 0.6) is 11.5 Å². The fraction of sp³-hybridized carbons (Fsp3) is 0.200. The third-order valence-electron chi connectivity index (χ3n) is 2.51. The Morgan fingerprint density at radius 2 is 1.50 bits per heavy atom. The molecule has 2 rings (SSSR count). The lowest BCUT2D eigenvalue weighted by atomic mass is 10.1. The Hall–Kier alpha value is -1.48. The van der Waals surface area contributed by atoms with Gasteiger partial charge in [-0.3, -0.25) is 0 Å². The van der Waals surface area contributed by atoms with Crippen molar-refractivity contribution < 1.29 is 10.2 Å². The Morgan fingerprint density at radius 3 is 1.94 bits per heavy atom. The highest BCUT2D eigenvalue weighted by atomic mass is 79.9. The van der Waals surface area contributed by atoms with Crippen molar-refractivity contribution in [2.75, 3.05) is 0 Å². The van der Waals surface area contributed by atoms with Crippen LogP contribution >= 0.6 is 15.9 Å². The second-order valence-electron chi connectivity index (χ2n) is 4.22. The van der Waals surface area contributed by atoms with E-state index in [1.807, 2.05) is 39.0 Å². The van der Waals surface area contributed by atoms with E-state index in [1.165, 1.54) is 0 Å². The first-order valence-electron chi connectivity index (χ1n) is 5.61. The zero-order valence-corrected chi connectivity index (χ0v) is 12.3. The molecule has 2 aromatic carbocycles. The average Bonchev–Trinajstić information content (AvgIpc) is 2.30. The highest BCUT2D eigenvalue weighted by Gasteiger charge is 1.93. The van der Waals surface area contributed by atoms with Gasteiger partial charge in [-0.2, -0.15) is 0 Å². The summed E-state index contributed by atoms with van der Waals surface area (Å²) in [4.78, 5) is 0. The first-order chi connectivity index (χ1) is 8.40. The minimum absolute atomic E-state index is 0.315. The molecule has 0 aliphatic carbocycles.